The predicted molar refractivity (Wildman–Crippen MR) is 221 cm³/mol. The highest BCUT2D eigenvalue weighted by Gasteiger charge is 2.34. The second kappa shape index (κ2) is 14.3. The van der Waals surface area contributed by atoms with Gasteiger partial charge in [-0.25, -0.2) is 0 Å². The molecule has 0 fully saturated rings. The van der Waals surface area contributed by atoms with Crippen LogP contribution in [0.2, 0.25) is 0 Å². The Kier molecular flexibility index (Phi) is 11.0. The van der Waals surface area contributed by atoms with Crippen molar-refractivity contribution in [3.8, 4) is 0 Å². The third-order valence-electron chi connectivity index (χ3n) is 12.8. The van der Waals surface area contributed by atoms with Crippen molar-refractivity contribution < 1.29 is 0 Å². The Bertz CT molecular complexity index is 2120. The van der Waals surface area contributed by atoms with Crippen LogP contribution in [-0.2, 0) is 5.41 Å². The maximum Gasteiger partial charge on any atom is 0.0920 e. The first-order valence-corrected chi connectivity index (χ1v) is 18.1. The quantitative estimate of drug-likeness (QED) is 0.182. The van der Waals surface area contributed by atoms with Crippen molar-refractivity contribution in [2.75, 3.05) is 0 Å². The number of azo groups is 2. The van der Waals surface area contributed by atoms with Gasteiger partial charge in [0.2, 0.25) is 0 Å². The van der Waals surface area contributed by atoms with Crippen LogP contribution in [0.3, 0.4) is 0 Å². The molecular formula is C47H60N4. The van der Waals surface area contributed by atoms with Gasteiger partial charge in [-0.05, 0) is 221 Å². The molecule has 4 aromatic rings. The van der Waals surface area contributed by atoms with Crippen LogP contribution < -0.4 is 20.9 Å². The van der Waals surface area contributed by atoms with Gasteiger partial charge >= 0.3 is 0 Å². The Morgan fingerprint density at radius 1 is 0.353 bits per heavy atom. The van der Waals surface area contributed by atoms with Crippen molar-refractivity contribution in [3.63, 3.8) is 0 Å². The Balaban J connectivity index is 1.85. The molecule has 0 aliphatic heterocycles. The Labute approximate surface area is 307 Å². The Morgan fingerprint density at radius 3 is 0.824 bits per heavy atom. The fourth-order valence-corrected chi connectivity index (χ4v) is 8.40. The van der Waals surface area contributed by atoms with Crippen molar-refractivity contribution in [2.45, 2.75) is 130 Å². The number of hydrogen-bond acceptors (Lipinski definition) is 4. The van der Waals surface area contributed by atoms with Crippen LogP contribution in [-0.4, -0.2) is 0 Å². The molecular weight excluding hydrogens is 621 g/mol. The molecule has 0 amide bonds. The molecule has 4 heteroatoms. The van der Waals surface area contributed by atoms with Crippen LogP contribution in [0, 0.1) is 111 Å². The fraction of sp³-hybridized carbons (Fsp3) is 0.404. The summed E-state index contributed by atoms with van der Waals surface area (Å²) >= 11 is 0. The summed E-state index contributed by atoms with van der Waals surface area (Å²) in [4.78, 5) is 0. The molecule has 0 heterocycles. The monoisotopic (exact) mass is 680 g/mol. The van der Waals surface area contributed by atoms with E-state index in [1.807, 2.05) is 12.4 Å². The van der Waals surface area contributed by atoms with Crippen molar-refractivity contribution in [1.82, 2.24) is 0 Å². The van der Waals surface area contributed by atoms with Gasteiger partial charge in [0.15, 0.2) is 0 Å². The lowest BCUT2D eigenvalue weighted by atomic mass is 9.68. The van der Waals surface area contributed by atoms with Gasteiger partial charge in [-0.3, -0.25) is 0 Å². The van der Waals surface area contributed by atoms with E-state index in [0.717, 1.165) is 32.2 Å². The second-order valence-corrected chi connectivity index (χ2v) is 15.5. The molecule has 268 valence electrons. The number of rotatable bonds is 6. The zero-order chi connectivity index (χ0) is 38.6. The zero-order valence-electron chi connectivity index (χ0n) is 34.9. The van der Waals surface area contributed by atoms with Crippen molar-refractivity contribution in [3.05, 3.63) is 121 Å². The van der Waals surface area contributed by atoms with E-state index in [-0.39, 0.29) is 5.41 Å². The average molecular weight is 681 g/mol. The molecule has 4 aromatic carbocycles. The van der Waals surface area contributed by atoms with Gasteiger partial charge in [-0.1, -0.05) is 27.0 Å². The summed E-state index contributed by atoms with van der Waals surface area (Å²) in [7, 11) is 0. The number of nitrogens with zero attached hydrogens (tertiary/aromatic N) is 4. The van der Waals surface area contributed by atoms with E-state index >= 15 is 0 Å². The SMILES string of the molecule is C=c1c(C)c(C)c(=CN=Nc2c(C)c(C)c(C(C)(C)c3c(C)c(C)c(N=NC=c4c(C)c(C)c(=C)c(C)c4C)c(C)c3C)c(C)c2C)c(C)c1C. The first-order chi connectivity index (χ1) is 23.6. The molecule has 0 aliphatic carbocycles. The zero-order valence-corrected chi connectivity index (χ0v) is 34.9. The minimum atomic E-state index is -0.268. The van der Waals surface area contributed by atoms with E-state index in [9.17, 15) is 0 Å². The van der Waals surface area contributed by atoms with Crippen LogP contribution in [0.4, 0.5) is 11.4 Å². The van der Waals surface area contributed by atoms with Crippen LogP contribution in [0.5, 0.6) is 0 Å². The molecule has 0 saturated heterocycles. The van der Waals surface area contributed by atoms with Crippen molar-refractivity contribution in [1.29, 1.82) is 0 Å². The minimum Gasteiger partial charge on any atom is -0.158 e. The average Bonchev–Trinajstić information content (AvgIpc) is 3.08. The van der Waals surface area contributed by atoms with E-state index in [0.29, 0.717) is 0 Å². The topological polar surface area (TPSA) is 49.4 Å². The Morgan fingerprint density at radius 2 is 0.588 bits per heavy atom. The van der Waals surface area contributed by atoms with Crippen molar-refractivity contribution >= 4 is 36.9 Å². The largest absolute Gasteiger partial charge is 0.158 e. The first-order valence-electron chi connectivity index (χ1n) is 18.1. The summed E-state index contributed by atoms with van der Waals surface area (Å²) < 4.78 is 0. The lowest BCUT2D eigenvalue weighted by Crippen LogP contribution is -2.26. The highest BCUT2D eigenvalue weighted by molar-refractivity contribution is 5.68. The van der Waals surface area contributed by atoms with E-state index in [4.69, 9.17) is 10.2 Å². The molecule has 0 atom stereocenters. The standard InChI is InChI=1S/C47H60N4/c1-23-25(3)29(7)41(30(8)26(23)4)21-48-50-45-37(15)33(11)43(34(12)38(45)16)47(19,20)44-35(13)39(17)46(40(18)36(44)14)51-49-22-42-31(9)27(5)24(2)28(6)32(42)10/h21-22H,1-2H2,3-20H3. The van der Waals surface area contributed by atoms with Gasteiger partial charge in [-0.15, -0.1) is 0 Å². The third-order valence-corrected chi connectivity index (χ3v) is 12.8. The van der Waals surface area contributed by atoms with Crippen molar-refractivity contribution in [2.24, 2.45) is 20.5 Å². The van der Waals surface area contributed by atoms with E-state index < -0.39 is 0 Å². The molecule has 0 saturated carbocycles. The van der Waals surface area contributed by atoms with Gasteiger partial charge < -0.3 is 0 Å². The van der Waals surface area contributed by atoms with Gasteiger partial charge in [0.05, 0.1) is 23.8 Å². The van der Waals surface area contributed by atoms with Gasteiger partial charge in [0, 0.05) is 15.9 Å². The molecule has 51 heavy (non-hydrogen) atoms. The molecule has 0 radical (unpaired) electrons. The lowest BCUT2D eigenvalue weighted by molar-refractivity contribution is 0.618. The third kappa shape index (κ3) is 6.47. The van der Waals surface area contributed by atoms with Crippen LogP contribution in [0.25, 0.3) is 25.6 Å². The maximum atomic E-state index is 4.86. The number of benzene rings is 4. The molecule has 4 nitrogen and oxygen atoms in total. The highest BCUT2D eigenvalue weighted by atomic mass is 15.1. The van der Waals surface area contributed by atoms with Gasteiger partial charge in [-0.2, -0.15) is 20.5 Å². The Hall–Kier alpha value is -4.44. The first kappa shape index (κ1) is 39.3. The summed E-state index contributed by atoms with van der Waals surface area (Å²) in [6.45, 7) is 48.1. The van der Waals surface area contributed by atoms with Gasteiger partial charge in [0.1, 0.15) is 0 Å². The molecule has 0 unspecified atom stereocenters. The summed E-state index contributed by atoms with van der Waals surface area (Å²) in [6, 6.07) is 0. The van der Waals surface area contributed by atoms with E-state index in [2.05, 4.69) is 148 Å². The molecule has 0 aliphatic rings. The molecule has 0 spiro atoms. The fourth-order valence-electron chi connectivity index (χ4n) is 8.40. The molecule has 0 N–H and O–H groups in total. The minimum absolute atomic E-state index is 0.268. The lowest BCUT2D eigenvalue weighted by Gasteiger charge is -2.36. The highest BCUT2D eigenvalue weighted by Crippen LogP contribution is 2.46. The van der Waals surface area contributed by atoms with E-state index in [1.165, 1.54) is 100 Å². The maximum absolute atomic E-state index is 4.86. The smallest absolute Gasteiger partial charge is 0.0920 e. The molecule has 4 rings (SSSR count). The summed E-state index contributed by atoms with van der Waals surface area (Å²) in [5.74, 6) is 0. The second-order valence-electron chi connectivity index (χ2n) is 15.5. The van der Waals surface area contributed by atoms with Crippen LogP contribution in [0.15, 0.2) is 20.5 Å². The van der Waals surface area contributed by atoms with Gasteiger partial charge in [0.25, 0.3) is 0 Å². The summed E-state index contributed by atoms with van der Waals surface area (Å²) in [6.07, 6.45) is 3.84. The summed E-state index contributed by atoms with van der Waals surface area (Å²) in [5, 5.41) is 23.5. The molecule has 0 aromatic heterocycles. The number of hydrogen-bond donors (Lipinski definition) is 0. The van der Waals surface area contributed by atoms with Crippen LogP contribution >= 0.6 is 0 Å². The van der Waals surface area contributed by atoms with E-state index in [1.54, 1.807) is 0 Å². The predicted octanol–water partition coefficient (Wildman–Crippen LogP) is 10.8. The molecule has 0 bridgehead atoms. The van der Waals surface area contributed by atoms with Crippen LogP contribution in [0.1, 0.15) is 114 Å². The normalized spacial score (nSPS) is 12.1. The summed E-state index contributed by atoms with van der Waals surface area (Å²) in [5.41, 5.74) is 23.7.